The van der Waals surface area contributed by atoms with Gasteiger partial charge in [-0.3, -0.25) is 9.59 Å². The second-order valence-corrected chi connectivity index (χ2v) is 6.78. The minimum absolute atomic E-state index is 0.105. The lowest BCUT2D eigenvalue weighted by Crippen LogP contribution is -2.36. The molecule has 1 N–H and O–H groups in total. The Morgan fingerprint density at radius 3 is 2.33 bits per heavy atom. The second-order valence-electron chi connectivity index (χ2n) is 5.93. The van der Waals surface area contributed by atoms with Crippen molar-refractivity contribution in [1.29, 1.82) is 0 Å². The van der Waals surface area contributed by atoms with Crippen molar-refractivity contribution in [3.63, 3.8) is 0 Å². The number of nitrogens with one attached hydrogen (secondary N) is 1. The first-order valence-electron chi connectivity index (χ1n) is 7.55. The van der Waals surface area contributed by atoms with Crippen LogP contribution < -0.4 is 14.8 Å². The first-order chi connectivity index (χ1) is 11.2. The van der Waals surface area contributed by atoms with Crippen molar-refractivity contribution < 1.29 is 23.8 Å². The molecular weight excluding hydrogens is 378 g/mol. The summed E-state index contributed by atoms with van der Waals surface area (Å²) in [6.07, 6.45) is 0.694. The summed E-state index contributed by atoms with van der Waals surface area (Å²) in [6.45, 7) is 5.18. The maximum absolute atomic E-state index is 12.0. The maximum atomic E-state index is 12.0. The summed E-state index contributed by atoms with van der Waals surface area (Å²) < 4.78 is 16.5. The van der Waals surface area contributed by atoms with Gasteiger partial charge >= 0.3 is 5.97 Å². The third-order valence-corrected chi connectivity index (χ3v) is 3.90. The summed E-state index contributed by atoms with van der Waals surface area (Å²) in [4.78, 5) is 23.0. The summed E-state index contributed by atoms with van der Waals surface area (Å²) in [6, 6.07) is 3.71. The molecule has 1 aromatic rings. The molecule has 24 heavy (non-hydrogen) atoms. The van der Waals surface area contributed by atoms with Gasteiger partial charge in [0, 0.05) is 13.5 Å². The highest BCUT2D eigenvalue weighted by atomic mass is 79.9. The number of halogens is 1. The number of benzene rings is 1. The number of ether oxygens (including phenoxy) is 3. The predicted molar refractivity (Wildman–Crippen MR) is 94.4 cm³/mol. The molecule has 0 saturated heterocycles. The molecule has 7 heteroatoms. The van der Waals surface area contributed by atoms with E-state index in [9.17, 15) is 9.59 Å². The van der Waals surface area contributed by atoms with Crippen LogP contribution in [0.3, 0.4) is 0 Å². The molecule has 0 bridgehead atoms. The van der Waals surface area contributed by atoms with Gasteiger partial charge in [0.1, 0.15) is 17.1 Å². The maximum Gasteiger partial charge on any atom is 0.303 e. The molecule has 0 aliphatic rings. The number of esters is 1. The summed E-state index contributed by atoms with van der Waals surface area (Å²) in [5.41, 5.74) is 0.103. The van der Waals surface area contributed by atoms with Crippen LogP contribution in [0.2, 0.25) is 0 Å². The first-order valence-corrected chi connectivity index (χ1v) is 8.34. The average molecular weight is 402 g/mol. The third kappa shape index (κ3) is 6.39. The highest BCUT2D eigenvalue weighted by Crippen LogP contribution is 2.32. The number of hydrogen-bond acceptors (Lipinski definition) is 5. The largest absolute Gasteiger partial charge is 0.496 e. The minimum atomic E-state index is -0.825. The Labute approximate surface area is 151 Å². The molecule has 0 aliphatic carbocycles. The number of amides is 1. The van der Waals surface area contributed by atoms with Crippen molar-refractivity contribution in [2.24, 2.45) is 0 Å². The van der Waals surface area contributed by atoms with E-state index in [1.807, 2.05) is 12.1 Å². The quantitative estimate of drug-likeness (QED) is 0.677. The summed E-state index contributed by atoms with van der Waals surface area (Å²) in [5, 5.41) is 2.83. The van der Waals surface area contributed by atoms with Crippen LogP contribution in [0.5, 0.6) is 11.5 Å². The molecule has 1 amide bonds. The van der Waals surface area contributed by atoms with Crippen molar-refractivity contribution in [1.82, 2.24) is 5.32 Å². The molecule has 134 valence electrons. The molecule has 1 aromatic carbocycles. The summed E-state index contributed by atoms with van der Waals surface area (Å²) >= 11 is 3.41. The van der Waals surface area contributed by atoms with Crippen LogP contribution in [0.15, 0.2) is 16.6 Å². The molecule has 0 heterocycles. The SMILES string of the molecule is COc1cc(CCNC(=O)CC(C)(C)OC(C)=O)c(OC)cc1Br. The smallest absolute Gasteiger partial charge is 0.303 e. The first kappa shape index (κ1) is 20.3. The van der Waals surface area contributed by atoms with E-state index in [0.717, 1.165) is 15.8 Å². The summed E-state index contributed by atoms with van der Waals surface area (Å²) in [5.74, 6) is 0.842. The molecule has 0 aromatic heterocycles. The van der Waals surface area contributed by atoms with E-state index < -0.39 is 11.6 Å². The lowest BCUT2D eigenvalue weighted by Gasteiger charge is -2.23. The fourth-order valence-corrected chi connectivity index (χ4v) is 2.81. The van der Waals surface area contributed by atoms with E-state index in [4.69, 9.17) is 14.2 Å². The van der Waals surface area contributed by atoms with Crippen LogP contribution in [-0.2, 0) is 20.7 Å². The van der Waals surface area contributed by atoms with E-state index in [0.29, 0.717) is 18.7 Å². The van der Waals surface area contributed by atoms with Crippen LogP contribution in [0, 0.1) is 0 Å². The van der Waals surface area contributed by atoms with Crippen molar-refractivity contribution in [3.05, 3.63) is 22.2 Å². The Morgan fingerprint density at radius 1 is 1.17 bits per heavy atom. The van der Waals surface area contributed by atoms with Crippen LogP contribution in [0.1, 0.15) is 32.8 Å². The molecule has 0 fully saturated rings. The molecule has 0 unspecified atom stereocenters. The highest BCUT2D eigenvalue weighted by molar-refractivity contribution is 9.10. The summed E-state index contributed by atoms with van der Waals surface area (Å²) in [7, 11) is 3.19. The minimum Gasteiger partial charge on any atom is -0.496 e. The van der Waals surface area contributed by atoms with Crippen LogP contribution in [0.25, 0.3) is 0 Å². The normalized spacial score (nSPS) is 10.9. The molecule has 0 aliphatic heterocycles. The highest BCUT2D eigenvalue weighted by Gasteiger charge is 2.24. The van der Waals surface area contributed by atoms with Crippen LogP contribution >= 0.6 is 15.9 Å². The monoisotopic (exact) mass is 401 g/mol. The van der Waals surface area contributed by atoms with Crippen molar-refractivity contribution in [2.75, 3.05) is 20.8 Å². The van der Waals surface area contributed by atoms with E-state index in [1.54, 1.807) is 28.1 Å². The number of rotatable bonds is 8. The van der Waals surface area contributed by atoms with Gasteiger partial charge in [0.25, 0.3) is 0 Å². The lowest BCUT2D eigenvalue weighted by molar-refractivity contribution is -0.155. The van der Waals surface area contributed by atoms with E-state index in [2.05, 4.69) is 21.2 Å². The molecule has 0 atom stereocenters. The zero-order valence-electron chi connectivity index (χ0n) is 14.7. The Kier molecular flexibility index (Phi) is 7.54. The van der Waals surface area contributed by atoms with Crippen molar-refractivity contribution >= 4 is 27.8 Å². The molecule has 0 spiro atoms. The molecule has 6 nitrogen and oxygen atoms in total. The van der Waals surface area contributed by atoms with E-state index >= 15 is 0 Å². The molecule has 1 rings (SSSR count). The van der Waals surface area contributed by atoms with Gasteiger partial charge in [-0.2, -0.15) is 0 Å². The number of carbonyl (C=O) groups excluding carboxylic acids is 2. The average Bonchev–Trinajstić information content (AvgIpc) is 2.46. The number of hydrogen-bond donors (Lipinski definition) is 1. The standard InChI is InChI=1S/C17H24BrNO5/c1-11(20)24-17(2,3)10-16(21)19-7-6-12-8-15(23-5)13(18)9-14(12)22-4/h8-9H,6-7,10H2,1-5H3,(H,19,21). The van der Waals surface area contributed by atoms with Crippen molar-refractivity contribution in [3.8, 4) is 11.5 Å². The third-order valence-electron chi connectivity index (χ3n) is 3.28. The van der Waals surface area contributed by atoms with E-state index in [-0.39, 0.29) is 12.3 Å². The lowest BCUT2D eigenvalue weighted by atomic mass is 10.0. The molecule has 0 saturated carbocycles. The molecular formula is C17H24BrNO5. The van der Waals surface area contributed by atoms with E-state index in [1.165, 1.54) is 6.92 Å². The Hall–Kier alpha value is -1.76. The Bertz CT molecular complexity index is 601. The van der Waals surface area contributed by atoms with Gasteiger partial charge in [-0.05, 0) is 53.9 Å². The van der Waals surface area contributed by atoms with Gasteiger partial charge in [0.2, 0.25) is 5.91 Å². The number of carbonyl (C=O) groups is 2. The van der Waals surface area contributed by atoms with Gasteiger partial charge in [0.05, 0.1) is 25.1 Å². The number of methoxy groups -OCH3 is 2. The van der Waals surface area contributed by atoms with Gasteiger partial charge in [-0.25, -0.2) is 0 Å². The Morgan fingerprint density at radius 2 is 1.79 bits per heavy atom. The Balaban J connectivity index is 2.61. The molecule has 0 radical (unpaired) electrons. The van der Waals surface area contributed by atoms with Gasteiger partial charge in [-0.1, -0.05) is 0 Å². The van der Waals surface area contributed by atoms with Gasteiger partial charge < -0.3 is 19.5 Å². The van der Waals surface area contributed by atoms with Gasteiger partial charge in [-0.15, -0.1) is 0 Å². The topological polar surface area (TPSA) is 73.9 Å². The fraction of sp³-hybridized carbons (Fsp3) is 0.529. The van der Waals surface area contributed by atoms with Crippen LogP contribution in [0.4, 0.5) is 0 Å². The zero-order chi connectivity index (χ0) is 18.3. The van der Waals surface area contributed by atoms with Crippen molar-refractivity contribution in [2.45, 2.75) is 39.2 Å². The fourth-order valence-electron chi connectivity index (χ4n) is 2.33. The van der Waals surface area contributed by atoms with Crippen LogP contribution in [-0.4, -0.2) is 38.2 Å². The van der Waals surface area contributed by atoms with Gasteiger partial charge in [0.15, 0.2) is 0 Å². The second kappa shape index (κ2) is 8.92. The zero-order valence-corrected chi connectivity index (χ0v) is 16.3. The predicted octanol–water partition coefficient (Wildman–Crippen LogP) is 2.86.